The summed E-state index contributed by atoms with van der Waals surface area (Å²) in [6.45, 7) is 2.50. The van der Waals surface area contributed by atoms with Gasteiger partial charge in [0, 0.05) is 35.9 Å². The Labute approximate surface area is 161 Å². The number of nitrogens with zero attached hydrogens (tertiary/aromatic N) is 1. The fourth-order valence-corrected chi connectivity index (χ4v) is 3.15. The molecular weight excluding hydrogens is 360 g/mol. The minimum absolute atomic E-state index is 0.426. The van der Waals surface area contributed by atoms with Crippen LogP contribution in [0.25, 0.3) is 10.9 Å². The van der Waals surface area contributed by atoms with Crippen LogP contribution in [0.5, 0.6) is 11.5 Å². The van der Waals surface area contributed by atoms with Crippen molar-refractivity contribution in [2.24, 2.45) is 7.05 Å². The molecule has 2 heterocycles. The zero-order valence-corrected chi connectivity index (χ0v) is 15.6. The smallest absolute Gasteiger partial charge is 0.341 e. The molecule has 1 atom stereocenters. The van der Waals surface area contributed by atoms with Crippen LogP contribution in [0.3, 0.4) is 0 Å². The number of rotatable bonds is 4. The van der Waals surface area contributed by atoms with Gasteiger partial charge in [0.25, 0.3) is 5.91 Å². The van der Waals surface area contributed by atoms with Gasteiger partial charge in [0.15, 0.2) is 17.6 Å². The number of hydrogen-bond acceptors (Lipinski definition) is 5. The summed E-state index contributed by atoms with van der Waals surface area (Å²) in [7, 11) is 1.86. The molecule has 1 unspecified atom stereocenters. The number of benzene rings is 2. The van der Waals surface area contributed by atoms with Crippen molar-refractivity contribution in [3.05, 3.63) is 54.2 Å². The van der Waals surface area contributed by atoms with Crippen LogP contribution in [-0.2, 0) is 16.6 Å². The highest BCUT2D eigenvalue weighted by Gasteiger charge is 2.22. The molecule has 0 saturated carbocycles. The Kier molecular flexibility index (Phi) is 4.65. The quantitative estimate of drug-likeness (QED) is 0.704. The predicted octanol–water partition coefficient (Wildman–Crippen LogP) is 3.13. The van der Waals surface area contributed by atoms with Crippen molar-refractivity contribution in [3.8, 4) is 11.5 Å². The summed E-state index contributed by atoms with van der Waals surface area (Å²) in [6, 6.07) is 12.7. The first kappa shape index (κ1) is 17.9. The number of aryl methyl sites for hydroxylation is 1. The number of carbonyl (C=O) groups excluding carboxylic acids is 2. The van der Waals surface area contributed by atoms with E-state index < -0.39 is 18.0 Å². The topological polar surface area (TPSA) is 78.8 Å². The van der Waals surface area contributed by atoms with Gasteiger partial charge in [0.1, 0.15) is 13.2 Å². The molecule has 1 aromatic heterocycles. The highest BCUT2D eigenvalue weighted by molar-refractivity contribution is 6.05. The van der Waals surface area contributed by atoms with Crippen LogP contribution in [0.2, 0.25) is 0 Å². The highest BCUT2D eigenvalue weighted by atomic mass is 16.6. The van der Waals surface area contributed by atoms with E-state index in [1.165, 1.54) is 6.92 Å². The molecule has 7 heteroatoms. The molecule has 0 aliphatic carbocycles. The summed E-state index contributed by atoms with van der Waals surface area (Å²) in [6.07, 6.45) is 0.748. The number of ether oxygens (including phenoxy) is 3. The lowest BCUT2D eigenvalue weighted by Gasteiger charge is -2.19. The number of esters is 1. The monoisotopic (exact) mass is 380 g/mol. The normalized spacial score (nSPS) is 13.8. The molecular formula is C21H20N2O5. The second-order valence-corrected chi connectivity index (χ2v) is 6.57. The number of anilines is 1. The second kappa shape index (κ2) is 7.26. The fourth-order valence-electron chi connectivity index (χ4n) is 3.15. The maximum Gasteiger partial charge on any atom is 0.341 e. The molecule has 0 radical (unpaired) electrons. The van der Waals surface area contributed by atoms with Crippen molar-refractivity contribution in [1.29, 1.82) is 0 Å². The number of para-hydroxylation sites is 1. The lowest BCUT2D eigenvalue weighted by Crippen LogP contribution is -2.30. The molecule has 1 N–H and O–H groups in total. The Morgan fingerprint density at radius 1 is 1.11 bits per heavy atom. The van der Waals surface area contributed by atoms with Gasteiger partial charge in [-0.3, -0.25) is 4.79 Å². The van der Waals surface area contributed by atoms with Gasteiger partial charge in [0.2, 0.25) is 0 Å². The minimum Gasteiger partial charge on any atom is -0.486 e. The van der Waals surface area contributed by atoms with E-state index in [4.69, 9.17) is 14.2 Å². The van der Waals surface area contributed by atoms with Gasteiger partial charge in [-0.1, -0.05) is 18.2 Å². The number of hydrogen-bond donors (Lipinski definition) is 1. The Morgan fingerprint density at radius 2 is 1.86 bits per heavy atom. The third-order valence-corrected chi connectivity index (χ3v) is 4.58. The third kappa shape index (κ3) is 3.38. The zero-order chi connectivity index (χ0) is 19.7. The molecule has 4 rings (SSSR count). The van der Waals surface area contributed by atoms with E-state index in [-0.39, 0.29) is 0 Å². The first-order valence-corrected chi connectivity index (χ1v) is 8.98. The van der Waals surface area contributed by atoms with Gasteiger partial charge in [0.05, 0.1) is 5.56 Å². The van der Waals surface area contributed by atoms with Gasteiger partial charge in [-0.25, -0.2) is 4.79 Å². The third-order valence-electron chi connectivity index (χ3n) is 4.58. The van der Waals surface area contributed by atoms with Gasteiger partial charge >= 0.3 is 5.97 Å². The molecule has 1 aliphatic rings. The number of carbonyl (C=O) groups is 2. The summed E-state index contributed by atoms with van der Waals surface area (Å²) in [5.41, 5.74) is 1.89. The van der Waals surface area contributed by atoms with E-state index >= 15 is 0 Å². The number of nitrogens with one attached hydrogen (secondary N) is 1. The molecule has 0 bridgehead atoms. The van der Waals surface area contributed by atoms with Crippen LogP contribution in [0.1, 0.15) is 17.3 Å². The van der Waals surface area contributed by atoms with Gasteiger partial charge in [-0.05, 0) is 25.1 Å². The average Bonchev–Trinajstić information content (AvgIpc) is 3.05. The first-order valence-electron chi connectivity index (χ1n) is 8.98. The number of fused-ring (bicyclic) bond motifs is 2. The van der Waals surface area contributed by atoms with Crippen molar-refractivity contribution in [2.75, 3.05) is 18.5 Å². The van der Waals surface area contributed by atoms with E-state index in [9.17, 15) is 9.59 Å². The van der Waals surface area contributed by atoms with Gasteiger partial charge in [-0.15, -0.1) is 0 Å². The molecule has 1 amide bonds. The summed E-state index contributed by atoms with van der Waals surface area (Å²) in [5, 5.41) is 3.52. The molecule has 2 aromatic carbocycles. The summed E-state index contributed by atoms with van der Waals surface area (Å²) in [5.74, 6) is 0.246. The minimum atomic E-state index is -0.959. The Balaban J connectivity index is 1.45. The standard InChI is InChI=1S/C21H20N2O5/c1-13(20(24)22-14-7-8-18-19(11-14)27-10-9-26-18)28-21(25)16-12-23(2)17-6-4-3-5-15(16)17/h3-8,11-13H,9-10H2,1-2H3,(H,22,24). The maximum absolute atomic E-state index is 12.6. The van der Waals surface area contributed by atoms with Crippen LogP contribution in [-0.4, -0.2) is 35.8 Å². The van der Waals surface area contributed by atoms with E-state index in [0.29, 0.717) is 36.0 Å². The molecule has 1 aliphatic heterocycles. The lowest BCUT2D eigenvalue weighted by molar-refractivity contribution is -0.123. The number of aromatic nitrogens is 1. The molecule has 28 heavy (non-hydrogen) atoms. The molecule has 0 saturated heterocycles. The van der Waals surface area contributed by atoms with E-state index in [0.717, 1.165) is 10.9 Å². The van der Waals surface area contributed by atoms with Crippen LogP contribution >= 0.6 is 0 Å². The Morgan fingerprint density at radius 3 is 2.68 bits per heavy atom. The lowest BCUT2D eigenvalue weighted by atomic mass is 10.2. The van der Waals surface area contributed by atoms with Crippen molar-refractivity contribution >= 4 is 28.5 Å². The van der Waals surface area contributed by atoms with Crippen molar-refractivity contribution in [3.63, 3.8) is 0 Å². The average molecular weight is 380 g/mol. The summed E-state index contributed by atoms with van der Waals surface area (Å²) >= 11 is 0. The molecule has 0 spiro atoms. The number of amides is 1. The van der Waals surface area contributed by atoms with Crippen molar-refractivity contribution in [1.82, 2.24) is 4.57 Å². The van der Waals surface area contributed by atoms with E-state index in [1.807, 2.05) is 35.9 Å². The first-order chi connectivity index (χ1) is 13.5. The van der Waals surface area contributed by atoms with E-state index in [2.05, 4.69) is 5.32 Å². The van der Waals surface area contributed by atoms with Crippen molar-refractivity contribution < 1.29 is 23.8 Å². The maximum atomic E-state index is 12.6. The molecule has 3 aromatic rings. The highest BCUT2D eigenvalue weighted by Crippen LogP contribution is 2.32. The van der Waals surface area contributed by atoms with Crippen LogP contribution in [0.4, 0.5) is 5.69 Å². The predicted molar refractivity (Wildman–Crippen MR) is 104 cm³/mol. The van der Waals surface area contributed by atoms with Crippen LogP contribution in [0.15, 0.2) is 48.7 Å². The van der Waals surface area contributed by atoms with Crippen LogP contribution in [0, 0.1) is 0 Å². The SMILES string of the molecule is CC(OC(=O)c1cn(C)c2ccccc12)C(=O)Nc1ccc2c(c1)OCCO2. The van der Waals surface area contributed by atoms with Gasteiger partial charge < -0.3 is 24.1 Å². The van der Waals surface area contributed by atoms with Gasteiger partial charge in [-0.2, -0.15) is 0 Å². The zero-order valence-electron chi connectivity index (χ0n) is 15.6. The fraction of sp³-hybridized carbons (Fsp3) is 0.238. The molecule has 0 fully saturated rings. The Bertz CT molecular complexity index is 1060. The van der Waals surface area contributed by atoms with Crippen LogP contribution < -0.4 is 14.8 Å². The summed E-state index contributed by atoms with van der Waals surface area (Å²) < 4.78 is 18.2. The summed E-state index contributed by atoms with van der Waals surface area (Å²) in [4.78, 5) is 25.0. The van der Waals surface area contributed by atoms with E-state index in [1.54, 1.807) is 24.4 Å². The molecule has 144 valence electrons. The second-order valence-electron chi connectivity index (χ2n) is 6.57. The largest absolute Gasteiger partial charge is 0.486 e. The van der Waals surface area contributed by atoms with Crippen molar-refractivity contribution in [2.45, 2.75) is 13.0 Å². The molecule has 7 nitrogen and oxygen atoms in total. The Hall–Kier alpha value is -3.48.